The van der Waals surface area contributed by atoms with Crippen LogP contribution in [0, 0.1) is 0 Å². The van der Waals surface area contributed by atoms with Crippen molar-refractivity contribution in [3.8, 4) is 0 Å². The third-order valence-corrected chi connectivity index (χ3v) is 1.62. The first-order valence-corrected chi connectivity index (χ1v) is 4.68. The van der Waals surface area contributed by atoms with Gasteiger partial charge in [-0.1, -0.05) is 0 Å². The van der Waals surface area contributed by atoms with Crippen LogP contribution in [0.25, 0.3) is 0 Å². The van der Waals surface area contributed by atoms with Gasteiger partial charge in [-0.05, 0) is 0 Å². The van der Waals surface area contributed by atoms with Crippen LogP contribution in [0.2, 0.25) is 0 Å². The molecule has 0 aromatic carbocycles. The highest BCUT2D eigenvalue weighted by Gasteiger charge is 2.17. The van der Waals surface area contributed by atoms with Gasteiger partial charge in [-0.3, -0.25) is 9.59 Å². The molecule has 0 aromatic rings. The van der Waals surface area contributed by atoms with Gasteiger partial charge in [0, 0.05) is 7.11 Å². The predicted octanol–water partition coefficient (Wildman–Crippen LogP) is -0.0585. The van der Waals surface area contributed by atoms with Crippen molar-refractivity contribution in [2.45, 2.75) is 18.9 Å². The summed E-state index contributed by atoms with van der Waals surface area (Å²) in [6.07, 6.45) is -1.60. The third kappa shape index (κ3) is 9.38. The molecule has 94 valence electrons. The van der Waals surface area contributed by atoms with E-state index in [0.717, 1.165) is 0 Å². The topological polar surface area (TPSA) is 102 Å². The van der Waals surface area contributed by atoms with Crippen LogP contribution in [0.4, 0.5) is 0 Å². The molecule has 0 radical (unpaired) electrons. The molecule has 0 unspecified atom stereocenters. The number of rotatable bonds is 10. The van der Waals surface area contributed by atoms with Gasteiger partial charge in [0.15, 0.2) is 0 Å². The molecule has 0 aliphatic rings. The summed E-state index contributed by atoms with van der Waals surface area (Å²) in [5, 5.41) is 17.0. The molecule has 0 saturated heterocycles. The van der Waals surface area contributed by atoms with Crippen molar-refractivity contribution in [2.24, 2.45) is 0 Å². The largest absolute Gasteiger partial charge is 0.481 e. The molecular formula is C9H16O7. The second-order valence-corrected chi connectivity index (χ2v) is 3.00. The van der Waals surface area contributed by atoms with E-state index in [4.69, 9.17) is 24.4 Å². The Bertz CT molecular complexity index is 200. The first kappa shape index (κ1) is 14.8. The van der Waals surface area contributed by atoms with Crippen LogP contribution in [-0.2, 0) is 23.8 Å². The number of carboxylic acid groups (broad SMARTS) is 2. The molecule has 0 saturated carbocycles. The van der Waals surface area contributed by atoms with E-state index in [-0.39, 0.29) is 19.6 Å². The van der Waals surface area contributed by atoms with E-state index >= 15 is 0 Å². The van der Waals surface area contributed by atoms with Gasteiger partial charge in [-0.2, -0.15) is 0 Å². The SMILES string of the molecule is COCCOCOC(CC(=O)O)CC(=O)O. The highest BCUT2D eigenvalue weighted by molar-refractivity contribution is 5.71. The summed E-state index contributed by atoms with van der Waals surface area (Å²) in [6.45, 7) is 0.559. The molecule has 0 aromatic heterocycles. The van der Waals surface area contributed by atoms with Gasteiger partial charge in [0.2, 0.25) is 0 Å². The molecule has 0 bridgehead atoms. The smallest absolute Gasteiger partial charge is 0.305 e. The van der Waals surface area contributed by atoms with Crippen LogP contribution in [-0.4, -0.2) is 55.4 Å². The van der Waals surface area contributed by atoms with Crippen LogP contribution in [0.3, 0.4) is 0 Å². The molecule has 0 aliphatic carbocycles. The summed E-state index contributed by atoms with van der Waals surface area (Å²) in [5.74, 6) is -2.22. The van der Waals surface area contributed by atoms with Crippen molar-refractivity contribution in [3.63, 3.8) is 0 Å². The standard InChI is InChI=1S/C9H16O7/c1-14-2-3-15-6-16-7(4-8(10)11)5-9(12)13/h7H,2-6H2,1H3,(H,10,11)(H,12,13). The average Bonchev–Trinajstić information content (AvgIpc) is 2.15. The van der Waals surface area contributed by atoms with Crippen molar-refractivity contribution in [1.82, 2.24) is 0 Å². The minimum absolute atomic E-state index is 0.144. The lowest BCUT2D eigenvalue weighted by molar-refractivity contribution is -0.151. The van der Waals surface area contributed by atoms with Gasteiger partial charge in [-0.15, -0.1) is 0 Å². The Kier molecular flexibility index (Phi) is 8.41. The van der Waals surface area contributed by atoms with Crippen LogP contribution < -0.4 is 0 Å². The maximum Gasteiger partial charge on any atom is 0.305 e. The minimum Gasteiger partial charge on any atom is -0.481 e. The predicted molar refractivity (Wildman–Crippen MR) is 52.1 cm³/mol. The monoisotopic (exact) mass is 236 g/mol. The molecule has 0 fully saturated rings. The lowest BCUT2D eigenvalue weighted by atomic mass is 10.2. The van der Waals surface area contributed by atoms with Gasteiger partial charge < -0.3 is 24.4 Å². The van der Waals surface area contributed by atoms with E-state index in [1.807, 2.05) is 0 Å². The van der Waals surface area contributed by atoms with E-state index in [0.29, 0.717) is 13.2 Å². The molecule has 0 spiro atoms. The molecule has 7 heteroatoms. The van der Waals surface area contributed by atoms with Crippen molar-refractivity contribution < 1.29 is 34.0 Å². The molecule has 7 nitrogen and oxygen atoms in total. The van der Waals surface area contributed by atoms with Crippen LogP contribution in [0.5, 0.6) is 0 Å². The molecular weight excluding hydrogens is 220 g/mol. The van der Waals surface area contributed by atoms with Gasteiger partial charge in [0.1, 0.15) is 6.79 Å². The Morgan fingerprint density at radius 2 is 1.69 bits per heavy atom. The van der Waals surface area contributed by atoms with E-state index in [1.54, 1.807) is 0 Å². The van der Waals surface area contributed by atoms with Crippen LogP contribution in [0.15, 0.2) is 0 Å². The first-order chi connectivity index (χ1) is 7.56. The number of methoxy groups -OCH3 is 1. The lowest BCUT2D eigenvalue weighted by Gasteiger charge is -2.13. The Balaban J connectivity index is 3.73. The number of ether oxygens (including phenoxy) is 3. The Morgan fingerprint density at radius 3 is 2.12 bits per heavy atom. The van der Waals surface area contributed by atoms with E-state index in [1.165, 1.54) is 7.11 Å². The summed E-state index contributed by atoms with van der Waals surface area (Å²) in [4.78, 5) is 20.8. The van der Waals surface area contributed by atoms with Crippen molar-refractivity contribution in [2.75, 3.05) is 27.1 Å². The fourth-order valence-corrected chi connectivity index (χ4v) is 0.925. The van der Waals surface area contributed by atoms with Gasteiger partial charge in [0.25, 0.3) is 0 Å². The average molecular weight is 236 g/mol. The minimum atomic E-state index is -1.11. The normalized spacial score (nSPS) is 10.6. The number of hydrogen-bond donors (Lipinski definition) is 2. The highest BCUT2D eigenvalue weighted by atomic mass is 16.7. The second-order valence-electron chi connectivity index (χ2n) is 3.00. The third-order valence-electron chi connectivity index (χ3n) is 1.62. The fraction of sp³-hybridized carbons (Fsp3) is 0.778. The Labute approximate surface area is 92.9 Å². The molecule has 0 rings (SSSR count). The summed E-state index contributed by atoms with van der Waals surface area (Å²) < 4.78 is 14.6. The van der Waals surface area contributed by atoms with Crippen LogP contribution >= 0.6 is 0 Å². The first-order valence-electron chi connectivity index (χ1n) is 4.68. The van der Waals surface area contributed by atoms with E-state index < -0.39 is 18.0 Å². The van der Waals surface area contributed by atoms with Gasteiger partial charge >= 0.3 is 11.9 Å². The summed E-state index contributed by atoms with van der Waals surface area (Å²) in [5.41, 5.74) is 0. The summed E-state index contributed by atoms with van der Waals surface area (Å²) >= 11 is 0. The lowest BCUT2D eigenvalue weighted by Crippen LogP contribution is -2.23. The highest BCUT2D eigenvalue weighted by Crippen LogP contribution is 2.04. The number of hydrogen-bond acceptors (Lipinski definition) is 5. The molecule has 0 atom stereocenters. The quantitative estimate of drug-likeness (QED) is 0.404. The number of carboxylic acids is 2. The van der Waals surface area contributed by atoms with Crippen molar-refractivity contribution >= 4 is 11.9 Å². The van der Waals surface area contributed by atoms with Crippen molar-refractivity contribution in [1.29, 1.82) is 0 Å². The zero-order valence-corrected chi connectivity index (χ0v) is 9.05. The maximum absolute atomic E-state index is 10.4. The Morgan fingerprint density at radius 1 is 1.12 bits per heavy atom. The summed E-state index contributed by atoms with van der Waals surface area (Å²) in [6, 6.07) is 0. The zero-order valence-electron chi connectivity index (χ0n) is 9.05. The summed E-state index contributed by atoms with van der Waals surface area (Å²) in [7, 11) is 1.52. The van der Waals surface area contributed by atoms with Crippen molar-refractivity contribution in [3.05, 3.63) is 0 Å². The van der Waals surface area contributed by atoms with Gasteiger partial charge in [-0.25, -0.2) is 0 Å². The van der Waals surface area contributed by atoms with Crippen LogP contribution in [0.1, 0.15) is 12.8 Å². The maximum atomic E-state index is 10.4. The Hall–Kier alpha value is -1.18. The fourth-order valence-electron chi connectivity index (χ4n) is 0.925. The zero-order chi connectivity index (χ0) is 12.4. The van der Waals surface area contributed by atoms with E-state index in [9.17, 15) is 9.59 Å². The number of aliphatic carboxylic acids is 2. The molecule has 16 heavy (non-hydrogen) atoms. The molecule has 0 amide bonds. The second kappa shape index (κ2) is 9.08. The molecule has 0 aliphatic heterocycles. The molecule has 2 N–H and O–H groups in total. The molecule has 0 heterocycles. The van der Waals surface area contributed by atoms with E-state index in [2.05, 4.69) is 0 Å². The number of carbonyl (C=O) groups is 2. The van der Waals surface area contributed by atoms with Gasteiger partial charge in [0.05, 0.1) is 32.2 Å².